The summed E-state index contributed by atoms with van der Waals surface area (Å²) >= 11 is 1.53. The molecule has 7 heteroatoms. The normalized spacial score (nSPS) is 10.6. The lowest BCUT2D eigenvalue weighted by Gasteiger charge is -2.04. The van der Waals surface area contributed by atoms with Crippen LogP contribution >= 0.6 is 11.3 Å². The minimum Gasteiger partial charge on any atom is -0.496 e. The number of nitrogens with one attached hydrogen (secondary N) is 1. The third kappa shape index (κ3) is 3.80. The molecule has 0 aliphatic rings. The molecule has 1 aromatic carbocycles. The van der Waals surface area contributed by atoms with Crippen molar-refractivity contribution in [3.05, 3.63) is 52.9 Å². The molecule has 0 unspecified atom stereocenters. The molecule has 1 amide bonds. The summed E-state index contributed by atoms with van der Waals surface area (Å²) in [6.45, 7) is 2.25. The maximum Gasteiger partial charge on any atom is 0.228 e. The number of ether oxygens (including phenoxy) is 1. The number of benzene rings is 1. The van der Waals surface area contributed by atoms with Gasteiger partial charge in [-0.2, -0.15) is 0 Å². The van der Waals surface area contributed by atoms with Crippen molar-refractivity contribution in [2.75, 3.05) is 7.11 Å². The van der Waals surface area contributed by atoms with E-state index in [4.69, 9.17) is 9.26 Å². The highest BCUT2D eigenvalue weighted by Gasteiger charge is 2.11. The Morgan fingerprint density at radius 1 is 1.38 bits per heavy atom. The topological polar surface area (TPSA) is 77.2 Å². The molecular weight excluding hydrogens is 326 g/mol. The van der Waals surface area contributed by atoms with Crippen LogP contribution in [0.15, 0.2) is 41.1 Å². The zero-order valence-corrected chi connectivity index (χ0v) is 14.2. The van der Waals surface area contributed by atoms with Gasteiger partial charge in [0.05, 0.1) is 31.3 Å². The van der Waals surface area contributed by atoms with E-state index in [1.807, 2.05) is 31.2 Å². The van der Waals surface area contributed by atoms with Crippen molar-refractivity contribution in [3.63, 3.8) is 0 Å². The zero-order valence-electron chi connectivity index (χ0n) is 13.4. The number of aryl methyl sites for hydroxylation is 1. The highest BCUT2D eigenvalue weighted by molar-refractivity contribution is 7.15. The van der Waals surface area contributed by atoms with Crippen molar-refractivity contribution in [1.29, 1.82) is 0 Å². The molecule has 0 spiro atoms. The standard InChI is InChI=1S/C17H17N3O3S/c1-11-7-12(23-20-11)8-16(21)18-9-13-10-19-17(24-13)14-5-3-4-6-15(14)22-2/h3-7,10H,8-9H2,1-2H3,(H,18,21). The molecule has 0 fully saturated rings. The SMILES string of the molecule is COc1ccccc1-c1ncc(CNC(=O)Cc2cc(C)no2)s1. The fraction of sp³-hybridized carbons (Fsp3) is 0.235. The molecule has 2 aromatic heterocycles. The van der Waals surface area contributed by atoms with Gasteiger partial charge in [0.2, 0.25) is 5.91 Å². The van der Waals surface area contributed by atoms with Crippen molar-refractivity contribution in [2.45, 2.75) is 19.9 Å². The summed E-state index contributed by atoms with van der Waals surface area (Å²) < 4.78 is 10.4. The summed E-state index contributed by atoms with van der Waals surface area (Å²) in [6, 6.07) is 9.48. The molecule has 3 aromatic rings. The summed E-state index contributed by atoms with van der Waals surface area (Å²) in [7, 11) is 1.64. The van der Waals surface area contributed by atoms with Crippen LogP contribution in [0.4, 0.5) is 0 Å². The maximum absolute atomic E-state index is 11.9. The second-order valence-electron chi connectivity index (χ2n) is 5.22. The van der Waals surface area contributed by atoms with Gasteiger partial charge >= 0.3 is 0 Å². The van der Waals surface area contributed by atoms with Crippen LogP contribution < -0.4 is 10.1 Å². The minimum atomic E-state index is -0.113. The number of para-hydroxylation sites is 1. The fourth-order valence-corrected chi connectivity index (χ4v) is 3.12. The first-order valence-corrected chi connectivity index (χ1v) is 8.24. The van der Waals surface area contributed by atoms with Crippen LogP contribution in [0.1, 0.15) is 16.3 Å². The van der Waals surface area contributed by atoms with Crippen LogP contribution in [0.3, 0.4) is 0 Å². The lowest BCUT2D eigenvalue weighted by Crippen LogP contribution is -2.23. The van der Waals surface area contributed by atoms with Gasteiger partial charge in [-0.05, 0) is 19.1 Å². The maximum atomic E-state index is 11.9. The molecule has 1 N–H and O–H groups in total. The number of carbonyl (C=O) groups is 1. The predicted octanol–water partition coefficient (Wildman–Crippen LogP) is 2.97. The van der Waals surface area contributed by atoms with Gasteiger partial charge in [0, 0.05) is 17.1 Å². The highest BCUT2D eigenvalue weighted by atomic mass is 32.1. The molecule has 0 saturated carbocycles. The number of hydrogen-bond donors (Lipinski definition) is 1. The molecule has 6 nitrogen and oxygen atoms in total. The predicted molar refractivity (Wildman–Crippen MR) is 90.9 cm³/mol. The Balaban J connectivity index is 1.61. The molecule has 0 bridgehead atoms. The quantitative estimate of drug-likeness (QED) is 0.744. The van der Waals surface area contributed by atoms with Crippen LogP contribution in [0.5, 0.6) is 5.75 Å². The molecule has 0 radical (unpaired) electrons. The van der Waals surface area contributed by atoms with Crippen LogP contribution in [0, 0.1) is 6.92 Å². The Kier molecular flexibility index (Phi) is 4.90. The molecule has 0 atom stereocenters. The van der Waals surface area contributed by atoms with Gasteiger partial charge in [-0.3, -0.25) is 4.79 Å². The Hall–Kier alpha value is -2.67. The van der Waals surface area contributed by atoms with Crippen LogP contribution in [0.25, 0.3) is 10.6 Å². The number of aromatic nitrogens is 2. The third-order valence-electron chi connectivity index (χ3n) is 3.36. The lowest BCUT2D eigenvalue weighted by molar-refractivity contribution is -0.120. The van der Waals surface area contributed by atoms with Crippen LogP contribution in [0.2, 0.25) is 0 Å². The fourth-order valence-electron chi connectivity index (χ4n) is 2.24. The Labute approximate surface area is 143 Å². The summed E-state index contributed by atoms with van der Waals surface area (Å²) in [5.74, 6) is 1.23. The first-order chi connectivity index (χ1) is 11.7. The monoisotopic (exact) mass is 343 g/mol. The number of carbonyl (C=O) groups excluding carboxylic acids is 1. The molecule has 124 valence electrons. The first-order valence-electron chi connectivity index (χ1n) is 7.42. The molecule has 2 heterocycles. The largest absolute Gasteiger partial charge is 0.496 e. The first kappa shape index (κ1) is 16.2. The number of rotatable bonds is 6. The summed E-state index contributed by atoms with van der Waals surface area (Å²) in [4.78, 5) is 17.3. The van der Waals surface area contributed by atoms with Crippen molar-refractivity contribution in [3.8, 4) is 16.3 Å². The van der Waals surface area contributed by atoms with Crippen molar-refractivity contribution in [2.24, 2.45) is 0 Å². The lowest BCUT2D eigenvalue weighted by atomic mass is 10.2. The van der Waals surface area contributed by atoms with Gasteiger partial charge in [-0.15, -0.1) is 11.3 Å². The molecule has 0 saturated heterocycles. The van der Waals surface area contributed by atoms with Crippen molar-refractivity contribution < 1.29 is 14.1 Å². The van der Waals surface area contributed by atoms with E-state index >= 15 is 0 Å². The van der Waals surface area contributed by atoms with E-state index in [2.05, 4.69) is 15.5 Å². The van der Waals surface area contributed by atoms with Crippen LogP contribution in [-0.4, -0.2) is 23.2 Å². The van der Waals surface area contributed by atoms with E-state index in [0.717, 1.165) is 26.9 Å². The van der Waals surface area contributed by atoms with Gasteiger partial charge in [0.15, 0.2) is 0 Å². The number of nitrogens with zero attached hydrogens (tertiary/aromatic N) is 2. The summed E-state index contributed by atoms with van der Waals surface area (Å²) in [5.41, 5.74) is 1.71. The number of hydrogen-bond acceptors (Lipinski definition) is 6. The Bertz CT molecular complexity index is 841. The van der Waals surface area contributed by atoms with Gasteiger partial charge in [0.1, 0.15) is 16.5 Å². The average Bonchev–Trinajstić information content (AvgIpc) is 3.22. The van der Waals surface area contributed by atoms with E-state index in [0.29, 0.717) is 12.3 Å². The smallest absolute Gasteiger partial charge is 0.228 e. The second kappa shape index (κ2) is 7.27. The molecular formula is C17H17N3O3S. The summed E-state index contributed by atoms with van der Waals surface area (Å²) in [5, 5.41) is 7.49. The van der Waals surface area contributed by atoms with Gasteiger partial charge < -0.3 is 14.6 Å². The summed E-state index contributed by atoms with van der Waals surface area (Å²) in [6.07, 6.45) is 1.95. The zero-order chi connectivity index (χ0) is 16.9. The highest BCUT2D eigenvalue weighted by Crippen LogP contribution is 2.32. The molecule has 0 aliphatic heterocycles. The molecule has 3 rings (SSSR count). The van der Waals surface area contributed by atoms with Gasteiger partial charge in [0.25, 0.3) is 0 Å². The molecule has 24 heavy (non-hydrogen) atoms. The average molecular weight is 343 g/mol. The van der Waals surface area contributed by atoms with E-state index in [9.17, 15) is 4.79 Å². The van der Waals surface area contributed by atoms with Gasteiger partial charge in [-0.1, -0.05) is 17.3 Å². The van der Waals surface area contributed by atoms with E-state index in [1.54, 1.807) is 19.4 Å². The van der Waals surface area contributed by atoms with Crippen molar-refractivity contribution in [1.82, 2.24) is 15.5 Å². The number of thiazole rings is 1. The second-order valence-corrected chi connectivity index (χ2v) is 6.34. The molecule has 0 aliphatic carbocycles. The Morgan fingerprint density at radius 3 is 2.96 bits per heavy atom. The van der Waals surface area contributed by atoms with E-state index in [-0.39, 0.29) is 12.3 Å². The minimum absolute atomic E-state index is 0.113. The number of methoxy groups -OCH3 is 1. The third-order valence-corrected chi connectivity index (χ3v) is 4.39. The van der Waals surface area contributed by atoms with Crippen LogP contribution in [-0.2, 0) is 17.8 Å². The van der Waals surface area contributed by atoms with Gasteiger partial charge in [-0.25, -0.2) is 4.98 Å². The van der Waals surface area contributed by atoms with E-state index in [1.165, 1.54) is 11.3 Å². The Morgan fingerprint density at radius 2 is 2.21 bits per heavy atom. The van der Waals surface area contributed by atoms with Crippen molar-refractivity contribution >= 4 is 17.2 Å². The van der Waals surface area contributed by atoms with E-state index < -0.39 is 0 Å². The number of amides is 1.